The Morgan fingerprint density at radius 2 is 1.84 bits per heavy atom. The van der Waals surface area contributed by atoms with Gasteiger partial charge in [-0.2, -0.15) is 0 Å². The van der Waals surface area contributed by atoms with Gasteiger partial charge in [0, 0.05) is 5.69 Å². The third-order valence-electron chi connectivity index (χ3n) is 6.16. The largest absolute Gasteiger partial charge is 0.465 e. The van der Waals surface area contributed by atoms with Gasteiger partial charge >= 0.3 is 5.97 Å². The van der Waals surface area contributed by atoms with Crippen LogP contribution in [0.3, 0.4) is 0 Å². The standard InChI is InChI=1S/C24H27N3O4/c1-31-22(29)18-11-8-12-19(16-18)25-23(30)24(13-6-3-7-14-24)27-21(28)20(26-27)15-17-9-4-2-5-10-17/h2,4-5,8-12,16,20,26H,3,6-7,13-15H2,1H3,(H,25,30)/t20-/m1/s1. The number of amides is 2. The van der Waals surface area contributed by atoms with Crippen molar-refractivity contribution in [1.29, 1.82) is 0 Å². The first kappa shape index (κ1) is 21.1. The molecule has 1 aliphatic heterocycles. The summed E-state index contributed by atoms with van der Waals surface area (Å²) < 4.78 is 4.76. The summed E-state index contributed by atoms with van der Waals surface area (Å²) in [7, 11) is 1.32. The molecule has 0 aromatic heterocycles. The van der Waals surface area contributed by atoms with Crippen LogP contribution < -0.4 is 10.7 Å². The Hall–Kier alpha value is -3.19. The first-order chi connectivity index (χ1) is 15.0. The molecule has 2 aromatic carbocycles. The number of benzene rings is 2. The first-order valence-corrected chi connectivity index (χ1v) is 10.7. The molecule has 7 nitrogen and oxygen atoms in total. The zero-order chi connectivity index (χ0) is 21.8. The summed E-state index contributed by atoms with van der Waals surface area (Å²) in [6, 6.07) is 16.2. The maximum atomic E-state index is 13.4. The maximum Gasteiger partial charge on any atom is 0.337 e. The molecule has 1 heterocycles. The normalized spacial score (nSPS) is 20.0. The van der Waals surface area contributed by atoms with Crippen molar-refractivity contribution in [1.82, 2.24) is 10.4 Å². The monoisotopic (exact) mass is 421 g/mol. The zero-order valence-corrected chi connectivity index (χ0v) is 17.6. The summed E-state index contributed by atoms with van der Waals surface area (Å²) in [5.74, 6) is -0.746. The maximum absolute atomic E-state index is 13.4. The van der Waals surface area contributed by atoms with Gasteiger partial charge in [-0.15, -0.1) is 0 Å². The van der Waals surface area contributed by atoms with E-state index in [4.69, 9.17) is 4.74 Å². The lowest BCUT2D eigenvalue weighted by Crippen LogP contribution is -2.77. The number of carbonyl (C=O) groups is 3. The van der Waals surface area contributed by atoms with E-state index in [1.165, 1.54) is 7.11 Å². The number of methoxy groups -OCH3 is 1. The molecular formula is C24H27N3O4. The van der Waals surface area contributed by atoms with Crippen molar-refractivity contribution >= 4 is 23.5 Å². The van der Waals surface area contributed by atoms with Crippen LogP contribution in [0.5, 0.6) is 0 Å². The molecule has 2 fully saturated rings. The van der Waals surface area contributed by atoms with Gasteiger partial charge in [-0.25, -0.2) is 10.2 Å². The molecule has 0 spiro atoms. The van der Waals surface area contributed by atoms with Crippen molar-refractivity contribution in [3.05, 3.63) is 65.7 Å². The Kier molecular flexibility index (Phi) is 6.04. The van der Waals surface area contributed by atoms with Gasteiger partial charge in [0.1, 0.15) is 11.6 Å². The molecule has 1 atom stereocenters. The summed E-state index contributed by atoms with van der Waals surface area (Å²) in [6.07, 6.45) is 4.60. The number of nitrogens with zero attached hydrogens (tertiary/aromatic N) is 1. The predicted octanol–water partition coefficient (Wildman–Crippen LogP) is 3.07. The zero-order valence-electron chi connectivity index (χ0n) is 17.6. The van der Waals surface area contributed by atoms with Crippen LogP contribution in [0, 0.1) is 0 Å². The summed E-state index contributed by atoms with van der Waals surface area (Å²) in [6.45, 7) is 0. The summed E-state index contributed by atoms with van der Waals surface area (Å²) in [5, 5.41) is 4.47. The quantitative estimate of drug-likeness (QED) is 0.700. The van der Waals surface area contributed by atoms with Gasteiger partial charge in [0.15, 0.2) is 0 Å². The van der Waals surface area contributed by atoms with E-state index < -0.39 is 11.5 Å². The Morgan fingerprint density at radius 3 is 2.52 bits per heavy atom. The van der Waals surface area contributed by atoms with E-state index in [0.29, 0.717) is 30.5 Å². The van der Waals surface area contributed by atoms with Crippen molar-refractivity contribution in [3.63, 3.8) is 0 Å². The van der Waals surface area contributed by atoms with E-state index >= 15 is 0 Å². The van der Waals surface area contributed by atoms with Gasteiger partial charge in [-0.3, -0.25) is 14.6 Å². The predicted molar refractivity (Wildman–Crippen MR) is 116 cm³/mol. The molecule has 7 heteroatoms. The Balaban J connectivity index is 1.50. The highest BCUT2D eigenvalue weighted by molar-refractivity contribution is 6.03. The Bertz CT molecular complexity index is 970. The number of nitrogens with one attached hydrogen (secondary N) is 2. The average molecular weight is 421 g/mol. The average Bonchev–Trinajstić information content (AvgIpc) is 2.82. The molecule has 4 rings (SSSR count). The third kappa shape index (κ3) is 4.18. The number of rotatable bonds is 6. The molecule has 1 aliphatic carbocycles. The summed E-state index contributed by atoms with van der Waals surface area (Å²) >= 11 is 0. The van der Waals surface area contributed by atoms with E-state index in [0.717, 1.165) is 24.8 Å². The number of hydrogen-bond donors (Lipinski definition) is 2. The summed E-state index contributed by atoms with van der Waals surface area (Å²) in [4.78, 5) is 38.3. The van der Waals surface area contributed by atoms with Gasteiger partial charge in [0.25, 0.3) is 11.8 Å². The van der Waals surface area contributed by atoms with E-state index in [9.17, 15) is 14.4 Å². The lowest BCUT2D eigenvalue weighted by molar-refractivity contribution is -0.173. The van der Waals surface area contributed by atoms with Gasteiger partial charge in [0.05, 0.1) is 12.7 Å². The van der Waals surface area contributed by atoms with Gasteiger partial charge in [-0.1, -0.05) is 55.7 Å². The summed E-state index contributed by atoms with van der Waals surface area (Å²) in [5.41, 5.74) is 4.26. The topological polar surface area (TPSA) is 87.7 Å². The molecule has 0 radical (unpaired) electrons. The fraction of sp³-hybridized carbons (Fsp3) is 0.375. The van der Waals surface area contributed by atoms with Gasteiger partial charge in [-0.05, 0) is 43.0 Å². The van der Waals surface area contributed by atoms with E-state index in [1.54, 1.807) is 29.3 Å². The fourth-order valence-corrected chi connectivity index (χ4v) is 4.46. The minimum atomic E-state index is -0.927. The van der Waals surface area contributed by atoms with Crippen LogP contribution in [0.4, 0.5) is 5.69 Å². The van der Waals surface area contributed by atoms with Crippen LogP contribution in [-0.4, -0.2) is 41.5 Å². The van der Waals surface area contributed by atoms with Crippen molar-refractivity contribution in [2.45, 2.75) is 50.1 Å². The van der Waals surface area contributed by atoms with Gasteiger partial charge in [0.2, 0.25) is 0 Å². The second kappa shape index (κ2) is 8.89. The van der Waals surface area contributed by atoms with Crippen molar-refractivity contribution < 1.29 is 19.1 Å². The van der Waals surface area contributed by atoms with E-state index in [1.807, 2.05) is 30.3 Å². The Labute approximate surface area is 181 Å². The minimum Gasteiger partial charge on any atom is -0.465 e. The van der Waals surface area contributed by atoms with Crippen LogP contribution in [0.25, 0.3) is 0 Å². The third-order valence-corrected chi connectivity index (χ3v) is 6.16. The molecular weight excluding hydrogens is 394 g/mol. The number of anilines is 1. The number of carbonyl (C=O) groups excluding carboxylic acids is 3. The molecule has 1 saturated carbocycles. The lowest BCUT2D eigenvalue weighted by Gasteiger charge is -2.52. The molecule has 162 valence electrons. The van der Waals surface area contributed by atoms with Crippen LogP contribution in [0.2, 0.25) is 0 Å². The highest BCUT2D eigenvalue weighted by Crippen LogP contribution is 2.37. The highest BCUT2D eigenvalue weighted by Gasteiger charge is 2.54. The number of ether oxygens (including phenoxy) is 1. The molecule has 0 unspecified atom stereocenters. The van der Waals surface area contributed by atoms with Crippen LogP contribution in [-0.2, 0) is 20.7 Å². The number of esters is 1. The van der Waals surface area contributed by atoms with E-state index in [-0.39, 0.29) is 17.9 Å². The molecule has 2 amide bonds. The fourth-order valence-electron chi connectivity index (χ4n) is 4.46. The SMILES string of the molecule is COC(=O)c1cccc(NC(=O)C2(N3N[C@H](Cc4ccccc4)C3=O)CCCCC2)c1. The van der Waals surface area contributed by atoms with Crippen LogP contribution in [0.1, 0.15) is 48.0 Å². The van der Waals surface area contributed by atoms with Crippen molar-refractivity contribution in [2.75, 3.05) is 12.4 Å². The second-order valence-corrected chi connectivity index (χ2v) is 8.16. The molecule has 31 heavy (non-hydrogen) atoms. The van der Waals surface area contributed by atoms with Crippen molar-refractivity contribution in [3.8, 4) is 0 Å². The molecule has 1 saturated heterocycles. The molecule has 0 bridgehead atoms. The minimum absolute atomic E-state index is 0.0517. The lowest BCUT2D eigenvalue weighted by atomic mass is 9.78. The number of hydrazine groups is 1. The Morgan fingerprint density at radius 1 is 1.10 bits per heavy atom. The molecule has 2 aliphatic rings. The van der Waals surface area contributed by atoms with E-state index in [2.05, 4.69) is 10.7 Å². The van der Waals surface area contributed by atoms with Gasteiger partial charge < -0.3 is 10.1 Å². The molecule has 2 N–H and O–H groups in total. The number of hydrogen-bond acceptors (Lipinski definition) is 5. The smallest absolute Gasteiger partial charge is 0.337 e. The highest BCUT2D eigenvalue weighted by atomic mass is 16.5. The van der Waals surface area contributed by atoms with Crippen LogP contribution in [0.15, 0.2) is 54.6 Å². The molecule has 2 aromatic rings. The first-order valence-electron chi connectivity index (χ1n) is 10.7. The second-order valence-electron chi connectivity index (χ2n) is 8.16. The van der Waals surface area contributed by atoms with Crippen LogP contribution >= 0.6 is 0 Å². The van der Waals surface area contributed by atoms with Crippen molar-refractivity contribution in [2.24, 2.45) is 0 Å².